The van der Waals surface area contributed by atoms with Crippen molar-refractivity contribution in [3.05, 3.63) is 60.2 Å². The largest absolute Gasteiger partial charge is 0.351 e. The highest BCUT2D eigenvalue weighted by atomic mass is 33.1. The molecule has 3 rings (SSSR count). The summed E-state index contributed by atoms with van der Waals surface area (Å²) in [7, 11) is -2.26. The van der Waals surface area contributed by atoms with Crippen molar-refractivity contribution >= 4 is 47.1 Å². The Morgan fingerprint density at radius 1 is 1.00 bits per heavy atom. The Balaban J connectivity index is 1.95. The van der Waals surface area contributed by atoms with Gasteiger partial charge in [-0.3, -0.25) is 4.79 Å². The van der Waals surface area contributed by atoms with Crippen molar-refractivity contribution in [3.8, 4) is 0 Å². The van der Waals surface area contributed by atoms with E-state index in [1.54, 1.807) is 0 Å². The van der Waals surface area contributed by atoms with Gasteiger partial charge in [-0.25, -0.2) is 8.42 Å². The van der Waals surface area contributed by atoms with Crippen LogP contribution in [0, 0.1) is 0 Å². The highest BCUT2D eigenvalue weighted by molar-refractivity contribution is 8.71. The van der Waals surface area contributed by atoms with E-state index in [1.807, 2.05) is 48.5 Å². The molecule has 0 heterocycles. The van der Waals surface area contributed by atoms with Crippen LogP contribution in [0.25, 0.3) is 21.5 Å². The van der Waals surface area contributed by atoms with E-state index in [1.165, 1.54) is 0 Å². The third kappa shape index (κ3) is 3.71. The van der Waals surface area contributed by atoms with Gasteiger partial charge in [0.15, 0.2) is 8.87 Å². The maximum atomic E-state index is 12.7. The molecule has 0 unspecified atom stereocenters. The molecule has 0 aliphatic carbocycles. The number of benzene rings is 3. The van der Waals surface area contributed by atoms with Gasteiger partial charge >= 0.3 is 0 Å². The SMILES string of the molecule is CS(=O)(=O)SCCNC(=O)c1c2ccccc2cc2ccccc12. The van der Waals surface area contributed by atoms with E-state index in [-0.39, 0.29) is 5.91 Å². The zero-order chi connectivity index (χ0) is 17.2. The van der Waals surface area contributed by atoms with Gasteiger partial charge in [-0.15, -0.1) is 0 Å². The number of hydrogen-bond donors (Lipinski definition) is 1. The molecule has 0 saturated carbocycles. The summed E-state index contributed by atoms with van der Waals surface area (Å²) >= 11 is 0. The predicted octanol–water partition coefficient (Wildman–Crippen LogP) is 3.42. The first-order chi connectivity index (χ1) is 11.5. The average molecular weight is 359 g/mol. The van der Waals surface area contributed by atoms with Gasteiger partial charge in [0, 0.05) is 18.6 Å². The number of carbonyl (C=O) groups excluding carboxylic acids is 1. The summed E-state index contributed by atoms with van der Waals surface area (Å²) in [5, 5.41) is 6.63. The molecule has 3 aromatic carbocycles. The van der Waals surface area contributed by atoms with E-state index in [0.29, 0.717) is 17.9 Å². The minimum absolute atomic E-state index is 0.183. The number of rotatable bonds is 5. The summed E-state index contributed by atoms with van der Waals surface area (Å²) in [6.45, 7) is 0.300. The average Bonchev–Trinajstić information content (AvgIpc) is 2.55. The van der Waals surface area contributed by atoms with Crippen LogP contribution in [0.5, 0.6) is 0 Å². The molecule has 0 fully saturated rings. The van der Waals surface area contributed by atoms with E-state index in [9.17, 15) is 13.2 Å². The Bertz CT molecular complexity index is 959. The third-order valence-corrected chi connectivity index (χ3v) is 6.27. The molecule has 1 amide bonds. The Hall–Kier alpha value is -2.05. The zero-order valence-corrected chi connectivity index (χ0v) is 14.8. The van der Waals surface area contributed by atoms with Crippen LogP contribution in [0.3, 0.4) is 0 Å². The molecule has 0 aliphatic heterocycles. The van der Waals surface area contributed by atoms with Crippen LogP contribution in [0.1, 0.15) is 10.4 Å². The molecule has 0 saturated heterocycles. The smallest absolute Gasteiger partial charge is 0.252 e. The van der Waals surface area contributed by atoms with Crippen LogP contribution in [0.15, 0.2) is 54.6 Å². The molecular formula is C18H17NO3S2. The zero-order valence-electron chi connectivity index (χ0n) is 13.2. The summed E-state index contributed by atoms with van der Waals surface area (Å²) < 4.78 is 22.3. The maximum Gasteiger partial charge on any atom is 0.252 e. The molecule has 0 spiro atoms. The van der Waals surface area contributed by atoms with Crippen molar-refractivity contribution < 1.29 is 13.2 Å². The first kappa shape index (κ1) is 16.8. The minimum Gasteiger partial charge on any atom is -0.351 e. The van der Waals surface area contributed by atoms with Crippen molar-refractivity contribution in [3.63, 3.8) is 0 Å². The topological polar surface area (TPSA) is 63.2 Å². The van der Waals surface area contributed by atoms with Crippen molar-refractivity contribution in [1.82, 2.24) is 5.32 Å². The first-order valence-corrected chi connectivity index (χ1v) is 10.9. The normalized spacial score (nSPS) is 11.7. The summed E-state index contributed by atoms with van der Waals surface area (Å²) in [6.07, 6.45) is 1.16. The molecule has 0 aliphatic rings. The van der Waals surface area contributed by atoms with Gasteiger partial charge in [0.2, 0.25) is 0 Å². The lowest BCUT2D eigenvalue weighted by Gasteiger charge is -2.11. The molecular weight excluding hydrogens is 342 g/mol. The van der Waals surface area contributed by atoms with Crippen LogP contribution in [0.2, 0.25) is 0 Å². The van der Waals surface area contributed by atoms with E-state index in [2.05, 4.69) is 11.4 Å². The van der Waals surface area contributed by atoms with Crippen molar-refractivity contribution in [2.75, 3.05) is 18.6 Å². The summed E-state index contributed by atoms with van der Waals surface area (Å²) in [6, 6.07) is 17.6. The van der Waals surface area contributed by atoms with Crippen LogP contribution in [-0.4, -0.2) is 32.9 Å². The molecule has 0 aromatic heterocycles. The monoisotopic (exact) mass is 359 g/mol. The Morgan fingerprint density at radius 3 is 2.08 bits per heavy atom. The second-order valence-electron chi connectivity index (χ2n) is 5.48. The number of hydrogen-bond acceptors (Lipinski definition) is 4. The fourth-order valence-electron chi connectivity index (χ4n) is 2.70. The first-order valence-electron chi connectivity index (χ1n) is 7.49. The lowest BCUT2D eigenvalue weighted by Crippen LogP contribution is -2.26. The summed E-state index contributed by atoms with van der Waals surface area (Å²) in [5.74, 6) is 0.143. The van der Waals surface area contributed by atoms with Gasteiger partial charge in [0.05, 0.1) is 5.56 Å². The number of nitrogens with one attached hydrogen (secondary N) is 1. The summed E-state index contributed by atoms with van der Waals surface area (Å²) in [4.78, 5) is 12.7. The minimum atomic E-state index is -3.09. The maximum absolute atomic E-state index is 12.7. The van der Waals surface area contributed by atoms with Gasteiger partial charge in [-0.1, -0.05) is 48.5 Å². The van der Waals surface area contributed by atoms with Crippen LogP contribution in [-0.2, 0) is 8.87 Å². The Labute approximate surface area is 144 Å². The van der Waals surface area contributed by atoms with Gasteiger partial charge in [0.1, 0.15) is 0 Å². The molecule has 0 radical (unpaired) electrons. The third-order valence-electron chi connectivity index (χ3n) is 3.68. The standard InChI is InChI=1S/C18H17NO3S2/c1-24(21,22)23-11-10-19-18(20)17-15-8-4-2-6-13(15)12-14-7-3-5-9-16(14)17/h2-9,12H,10-11H2,1H3,(H,19,20). The lowest BCUT2D eigenvalue weighted by atomic mass is 9.96. The molecule has 124 valence electrons. The van der Waals surface area contributed by atoms with E-state index >= 15 is 0 Å². The molecule has 24 heavy (non-hydrogen) atoms. The molecule has 0 atom stereocenters. The second-order valence-corrected chi connectivity index (χ2v) is 10.1. The van der Waals surface area contributed by atoms with E-state index in [0.717, 1.165) is 38.6 Å². The highest BCUT2D eigenvalue weighted by Crippen LogP contribution is 2.28. The van der Waals surface area contributed by atoms with Gasteiger partial charge < -0.3 is 5.32 Å². The van der Waals surface area contributed by atoms with Gasteiger partial charge in [-0.2, -0.15) is 0 Å². The van der Waals surface area contributed by atoms with Gasteiger partial charge in [-0.05, 0) is 38.4 Å². The highest BCUT2D eigenvalue weighted by Gasteiger charge is 2.14. The van der Waals surface area contributed by atoms with Crippen LogP contribution < -0.4 is 5.32 Å². The molecule has 0 bridgehead atoms. The van der Waals surface area contributed by atoms with Crippen LogP contribution >= 0.6 is 10.8 Å². The van der Waals surface area contributed by atoms with E-state index < -0.39 is 8.87 Å². The summed E-state index contributed by atoms with van der Waals surface area (Å²) in [5.41, 5.74) is 0.632. The molecule has 4 nitrogen and oxygen atoms in total. The van der Waals surface area contributed by atoms with Crippen molar-refractivity contribution in [1.29, 1.82) is 0 Å². The predicted molar refractivity (Wildman–Crippen MR) is 101 cm³/mol. The molecule has 1 N–H and O–H groups in total. The Morgan fingerprint density at radius 2 is 1.54 bits per heavy atom. The fourth-order valence-corrected chi connectivity index (χ4v) is 4.35. The number of fused-ring (bicyclic) bond motifs is 2. The van der Waals surface area contributed by atoms with Crippen molar-refractivity contribution in [2.24, 2.45) is 0 Å². The second kappa shape index (κ2) is 6.83. The molecule has 6 heteroatoms. The lowest BCUT2D eigenvalue weighted by molar-refractivity contribution is 0.0959. The van der Waals surface area contributed by atoms with Gasteiger partial charge in [0.25, 0.3) is 5.91 Å². The quantitative estimate of drug-likeness (QED) is 0.431. The van der Waals surface area contributed by atoms with E-state index in [4.69, 9.17) is 0 Å². The van der Waals surface area contributed by atoms with Crippen LogP contribution in [0.4, 0.5) is 0 Å². The fraction of sp³-hybridized carbons (Fsp3) is 0.167. The number of carbonyl (C=O) groups is 1. The van der Waals surface area contributed by atoms with Crippen molar-refractivity contribution in [2.45, 2.75) is 0 Å². The number of amides is 1. The molecule has 3 aromatic rings. The Kier molecular flexibility index (Phi) is 4.78.